The Morgan fingerprint density at radius 1 is 0.929 bits per heavy atom. The van der Waals surface area contributed by atoms with Crippen molar-refractivity contribution in [2.45, 2.75) is 32.6 Å². The van der Waals surface area contributed by atoms with Crippen LogP contribution in [0.1, 0.15) is 30.9 Å². The minimum absolute atomic E-state index is 0.105. The van der Waals surface area contributed by atoms with Crippen molar-refractivity contribution in [2.24, 2.45) is 0 Å². The molecule has 4 N–H and O–H groups in total. The molecule has 4 aromatic rings. The van der Waals surface area contributed by atoms with E-state index in [0.717, 1.165) is 67.0 Å². The van der Waals surface area contributed by atoms with Crippen LogP contribution in [-0.2, 0) is 17.6 Å². The summed E-state index contributed by atoms with van der Waals surface area (Å²) >= 11 is 6.25. The highest BCUT2D eigenvalue weighted by Crippen LogP contribution is 2.29. The molecule has 2 aliphatic rings. The fourth-order valence-electron chi connectivity index (χ4n) is 4.62. The molecule has 10 nitrogen and oxygen atoms in total. The van der Waals surface area contributed by atoms with Gasteiger partial charge in [-0.15, -0.1) is 0 Å². The first-order valence-electron chi connectivity index (χ1n) is 13.6. The Bertz CT molecular complexity index is 1600. The van der Waals surface area contributed by atoms with Crippen LogP contribution in [0.4, 0.5) is 43.7 Å². The minimum atomic E-state index is -0.398. The smallest absolute Gasteiger partial charge is 0.321 e. The number of fused-ring (bicyclic) bond motifs is 6. The number of benzene rings is 2. The van der Waals surface area contributed by atoms with Crippen LogP contribution in [0.25, 0.3) is 0 Å². The number of carbonyl (C=O) groups excluding carboxylic acids is 2. The first-order chi connectivity index (χ1) is 20.3. The Kier molecular flexibility index (Phi) is 9.08. The molecule has 1 fully saturated rings. The summed E-state index contributed by atoms with van der Waals surface area (Å²) in [5.74, 6) is 0.419. The van der Waals surface area contributed by atoms with E-state index in [-0.39, 0.29) is 17.6 Å². The van der Waals surface area contributed by atoms with Gasteiger partial charge in [0.15, 0.2) is 5.82 Å². The lowest BCUT2D eigenvalue weighted by atomic mass is 10.0. The molecule has 6 bridgehead atoms. The van der Waals surface area contributed by atoms with Crippen LogP contribution in [0, 0.1) is 5.82 Å². The molecular weight excluding hydrogens is 559 g/mol. The predicted octanol–water partition coefficient (Wildman–Crippen LogP) is 6.52. The van der Waals surface area contributed by atoms with Crippen LogP contribution in [0.3, 0.4) is 0 Å². The lowest BCUT2D eigenvalue weighted by Gasteiger charge is -2.16. The largest absolute Gasteiger partial charge is 0.339 e. The maximum atomic E-state index is 13.2. The fraction of sp³-hybridized carbons (Fsp3) is 0.233. The van der Waals surface area contributed by atoms with Crippen molar-refractivity contribution in [1.29, 1.82) is 0 Å². The highest BCUT2D eigenvalue weighted by Gasteiger charge is 2.18. The van der Waals surface area contributed by atoms with E-state index in [4.69, 9.17) is 11.6 Å². The predicted molar refractivity (Wildman–Crippen MR) is 162 cm³/mol. The number of para-hydroxylation sites is 1. The van der Waals surface area contributed by atoms with Crippen LogP contribution in [0.2, 0.25) is 5.02 Å². The van der Waals surface area contributed by atoms with Crippen molar-refractivity contribution in [3.8, 4) is 0 Å². The number of urea groups is 1. The number of pyridine rings is 1. The number of aromatic nitrogens is 3. The molecule has 12 heteroatoms. The third-order valence-electron chi connectivity index (χ3n) is 6.67. The molecule has 1 saturated heterocycles. The van der Waals surface area contributed by atoms with Gasteiger partial charge in [0.25, 0.3) is 0 Å². The number of rotatable bonds is 2. The zero-order valence-electron chi connectivity index (χ0n) is 23.0. The minimum Gasteiger partial charge on any atom is -0.339 e. The van der Waals surface area contributed by atoms with Crippen LogP contribution >= 0.6 is 11.6 Å². The van der Waals surface area contributed by atoms with E-state index in [1.54, 1.807) is 35.5 Å². The standard InChI is InChI=1S/C19H17ClN6O.C11H13FN2O/c1-11(27)23-17-5-4-14-7-13(17)3-2-12-6-15(9-21-8-12)25-19-22-10-16(20)18(24-14)26-19;12-9-5-1-2-6-10(9)13-11(15)14-7-3-4-8-14/h4-10H,2-3H2,1H3,(H,23,27)(H2,22,24,25,26);1-2,5-6H,3-4,7-8H2,(H,13,15). The quantitative estimate of drug-likeness (QED) is 0.210. The second kappa shape index (κ2) is 13.3. The van der Waals surface area contributed by atoms with Crippen molar-refractivity contribution in [3.63, 3.8) is 0 Å². The van der Waals surface area contributed by atoms with Gasteiger partial charge in [-0.05, 0) is 73.2 Å². The summed E-state index contributed by atoms with van der Waals surface area (Å²) in [4.78, 5) is 37.8. The van der Waals surface area contributed by atoms with Gasteiger partial charge >= 0.3 is 6.03 Å². The van der Waals surface area contributed by atoms with Crippen LogP contribution in [-0.4, -0.2) is 44.9 Å². The van der Waals surface area contributed by atoms with Crippen LogP contribution in [0.15, 0.2) is 67.1 Å². The molecule has 0 saturated carbocycles. The van der Waals surface area contributed by atoms with Gasteiger partial charge < -0.3 is 26.2 Å². The zero-order valence-corrected chi connectivity index (χ0v) is 23.7. The first kappa shape index (κ1) is 28.7. The molecule has 0 unspecified atom stereocenters. The number of hydrogen-bond donors (Lipinski definition) is 4. The number of halogens is 2. The van der Waals surface area contributed by atoms with Crippen molar-refractivity contribution in [2.75, 3.05) is 34.4 Å². The third kappa shape index (κ3) is 7.49. The van der Waals surface area contributed by atoms with Gasteiger partial charge in [-0.3, -0.25) is 9.78 Å². The first-order valence-corrected chi connectivity index (χ1v) is 13.9. The number of nitrogens with one attached hydrogen (secondary N) is 4. The van der Waals surface area contributed by atoms with Gasteiger partial charge in [0.2, 0.25) is 11.9 Å². The number of likely N-dealkylation sites (tertiary alicyclic amines) is 1. The SMILES string of the molecule is CC(=O)Nc1ccc2cc1CCc1cncc(c1)Nc1ncc(Cl)c(n1)N2.O=C(Nc1ccccc1F)N1CCCC1. The highest BCUT2D eigenvalue weighted by molar-refractivity contribution is 6.32. The summed E-state index contributed by atoms with van der Waals surface area (Å²) < 4.78 is 13.2. The molecule has 2 aliphatic heterocycles. The average Bonchev–Trinajstić information content (AvgIpc) is 3.52. The van der Waals surface area contributed by atoms with E-state index in [1.807, 2.05) is 30.5 Å². The third-order valence-corrected chi connectivity index (χ3v) is 6.94. The van der Waals surface area contributed by atoms with Gasteiger partial charge in [0.1, 0.15) is 10.8 Å². The second-order valence-corrected chi connectivity index (χ2v) is 10.3. The fourth-order valence-corrected chi connectivity index (χ4v) is 4.76. The Balaban J connectivity index is 0.000000199. The van der Waals surface area contributed by atoms with E-state index in [2.05, 4.69) is 36.2 Å². The summed E-state index contributed by atoms with van der Waals surface area (Å²) in [6.07, 6.45) is 8.68. The Morgan fingerprint density at radius 2 is 1.74 bits per heavy atom. The van der Waals surface area contributed by atoms with Crippen molar-refractivity contribution < 1.29 is 14.0 Å². The van der Waals surface area contributed by atoms with Gasteiger partial charge in [0, 0.05) is 37.6 Å². The van der Waals surface area contributed by atoms with Gasteiger partial charge in [-0.1, -0.05) is 23.7 Å². The summed E-state index contributed by atoms with van der Waals surface area (Å²) in [5.41, 5.74) is 4.75. The second-order valence-electron chi connectivity index (χ2n) is 9.88. The van der Waals surface area contributed by atoms with E-state index in [0.29, 0.717) is 16.8 Å². The number of aryl methyl sites for hydroxylation is 2. The number of hydrogen-bond acceptors (Lipinski definition) is 7. The van der Waals surface area contributed by atoms with Crippen molar-refractivity contribution >= 4 is 58.1 Å². The molecule has 0 atom stereocenters. The van der Waals surface area contributed by atoms with Gasteiger partial charge in [-0.2, -0.15) is 4.98 Å². The number of carbonyl (C=O) groups is 2. The Morgan fingerprint density at radius 3 is 2.52 bits per heavy atom. The maximum absolute atomic E-state index is 13.2. The van der Waals surface area contributed by atoms with E-state index in [9.17, 15) is 14.0 Å². The number of amides is 3. The number of anilines is 6. The molecule has 6 rings (SSSR count). The highest BCUT2D eigenvalue weighted by atomic mass is 35.5. The summed E-state index contributed by atoms with van der Waals surface area (Å²) in [5, 5.41) is 12.2. The van der Waals surface area contributed by atoms with Gasteiger partial charge in [0.05, 0.1) is 23.8 Å². The van der Waals surface area contributed by atoms with E-state index < -0.39 is 5.82 Å². The molecule has 0 aliphatic carbocycles. The van der Waals surface area contributed by atoms with Crippen molar-refractivity contribution in [3.05, 3.63) is 89.1 Å². The molecule has 0 radical (unpaired) electrons. The van der Waals surface area contributed by atoms with E-state index in [1.165, 1.54) is 13.0 Å². The summed E-state index contributed by atoms with van der Waals surface area (Å²) in [6, 6.07) is 13.7. The van der Waals surface area contributed by atoms with Gasteiger partial charge in [-0.25, -0.2) is 14.2 Å². The molecular formula is C30H30ClFN8O2. The van der Waals surface area contributed by atoms with Crippen molar-refractivity contribution in [1.82, 2.24) is 19.9 Å². The van der Waals surface area contributed by atoms with Crippen LogP contribution in [0.5, 0.6) is 0 Å². The molecule has 4 heterocycles. The molecule has 2 aromatic carbocycles. The monoisotopic (exact) mass is 588 g/mol. The topological polar surface area (TPSA) is 124 Å². The maximum Gasteiger partial charge on any atom is 0.321 e. The Labute approximate surface area is 247 Å². The number of nitrogens with zero attached hydrogens (tertiary/aromatic N) is 4. The van der Waals surface area contributed by atoms with E-state index >= 15 is 0 Å². The van der Waals surface area contributed by atoms with Crippen LogP contribution < -0.4 is 21.3 Å². The normalized spacial score (nSPS) is 13.5. The molecule has 42 heavy (non-hydrogen) atoms. The molecule has 216 valence electrons. The summed E-state index contributed by atoms with van der Waals surface area (Å²) in [6.45, 7) is 3.03. The lowest BCUT2D eigenvalue weighted by molar-refractivity contribution is -0.114. The zero-order chi connectivity index (χ0) is 29.5. The Hall–Kier alpha value is -4.77. The average molecular weight is 589 g/mol. The lowest BCUT2D eigenvalue weighted by Crippen LogP contribution is -2.32. The summed E-state index contributed by atoms with van der Waals surface area (Å²) in [7, 11) is 0. The molecule has 2 aromatic heterocycles. The molecule has 0 spiro atoms. The molecule has 3 amide bonds.